The highest BCUT2D eigenvalue weighted by Crippen LogP contribution is 2.45. The van der Waals surface area contributed by atoms with Crippen LogP contribution in [0.25, 0.3) is 10.9 Å². The van der Waals surface area contributed by atoms with E-state index >= 15 is 0 Å². The standard InChI is InChI=1S/C20H21NO6/c1-21-10-13(18(23)11-6-7-15(24-2)14(22)8-11)12-9-16(25-3)19(26-4)20(27-5)17(12)21/h6-10,22H,1-5H3. The van der Waals surface area contributed by atoms with Crippen molar-refractivity contribution in [1.29, 1.82) is 0 Å². The smallest absolute Gasteiger partial charge is 0.205 e. The van der Waals surface area contributed by atoms with Crippen LogP contribution in [0.3, 0.4) is 0 Å². The molecule has 0 amide bonds. The summed E-state index contributed by atoms with van der Waals surface area (Å²) in [4.78, 5) is 13.1. The van der Waals surface area contributed by atoms with Gasteiger partial charge in [-0.15, -0.1) is 0 Å². The first-order chi connectivity index (χ1) is 13.0. The lowest BCUT2D eigenvalue weighted by Gasteiger charge is -2.14. The van der Waals surface area contributed by atoms with Gasteiger partial charge in [0.25, 0.3) is 0 Å². The fourth-order valence-electron chi connectivity index (χ4n) is 3.19. The van der Waals surface area contributed by atoms with Gasteiger partial charge in [-0.25, -0.2) is 0 Å². The summed E-state index contributed by atoms with van der Waals surface area (Å²) in [5, 5.41) is 10.7. The van der Waals surface area contributed by atoms with Gasteiger partial charge in [-0.1, -0.05) is 0 Å². The molecule has 2 aromatic carbocycles. The number of aromatic hydroxyl groups is 1. The molecule has 0 aliphatic carbocycles. The Morgan fingerprint density at radius 3 is 2.15 bits per heavy atom. The predicted molar refractivity (Wildman–Crippen MR) is 101 cm³/mol. The van der Waals surface area contributed by atoms with Gasteiger partial charge in [0.15, 0.2) is 28.8 Å². The van der Waals surface area contributed by atoms with Gasteiger partial charge in [0, 0.05) is 29.8 Å². The van der Waals surface area contributed by atoms with E-state index in [4.69, 9.17) is 18.9 Å². The summed E-state index contributed by atoms with van der Waals surface area (Å²) in [6.07, 6.45) is 1.72. The molecule has 0 atom stereocenters. The first kappa shape index (κ1) is 18.4. The first-order valence-electron chi connectivity index (χ1n) is 8.16. The van der Waals surface area contributed by atoms with E-state index < -0.39 is 0 Å². The number of nitrogens with zero attached hydrogens (tertiary/aromatic N) is 1. The van der Waals surface area contributed by atoms with Crippen molar-refractivity contribution in [2.24, 2.45) is 7.05 Å². The summed E-state index contributed by atoms with van der Waals surface area (Å²) in [6.45, 7) is 0. The normalized spacial score (nSPS) is 10.7. The lowest BCUT2D eigenvalue weighted by molar-refractivity contribution is 0.103. The molecule has 7 heteroatoms. The number of phenols is 1. The number of benzene rings is 2. The van der Waals surface area contributed by atoms with E-state index in [0.717, 1.165) is 0 Å². The van der Waals surface area contributed by atoms with Crippen molar-refractivity contribution in [2.45, 2.75) is 0 Å². The molecule has 0 radical (unpaired) electrons. The fourth-order valence-corrected chi connectivity index (χ4v) is 3.19. The largest absolute Gasteiger partial charge is 0.504 e. The van der Waals surface area contributed by atoms with Crippen LogP contribution < -0.4 is 18.9 Å². The monoisotopic (exact) mass is 371 g/mol. The number of aryl methyl sites for hydroxylation is 1. The summed E-state index contributed by atoms with van der Waals surface area (Å²) < 4.78 is 23.2. The van der Waals surface area contributed by atoms with E-state index in [1.807, 2.05) is 7.05 Å². The Morgan fingerprint density at radius 2 is 1.59 bits per heavy atom. The summed E-state index contributed by atoms with van der Waals surface area (Å²) >= 11 is 0. The van der Waals surface area contributed by atoms with Crippen LogP contribution in [0.1, 0.15) is 15.9 Å². The van der Waals surface area contributed by atoms with Gasteiger partial charge in [0.05, 0.1) is 34.0 Å². The molecular formula is C20H21NO6. The van der Waals surface area contributed by atoms with Crippen molar-refractivity contribution in [2.75, 3.05) is 28.4 Å². The van der Waals surface area contributed by atoms with E-state index in [1.165, 1.54) is 34.5 Å². The highest BCUT2D eigenvalue weighted by Gasteiger charge is 2.24. The molecule has 142 valence electrons. The molecule has 1 heterocycles. The third kappa shape index (κ3) is 2.91. The molecule has 0 saturated carbocycles. The van der Waals surface area contributed by atoms with E-state index in [0.29, 0.717) is 45.0 Å². The zero-order valence-electron chi connectivity index (χ0n) is 15.8. The SMILES string of the molecule is COc1ccc(C(=O)c2cn(C)c3c(OC)c(OC)c(OC)cc23)cc1O. The quantitative estimate of drug-likeness (QED) is 0.671. The number of ether oxygens (including phenoxy) is 4. The van der Waals surface area contributed by atoms with Crippen LogP contribution in [0.15, 0.2) is 30.5 Å². The molecule has 0 aliphatic heterocycles. The van der Waals surface area contributed by atoms with Gasteiger partial charge < -0.3 is 28.6 Å². The number of hydrogen-bond acceptors (Lipinski definition) is 6. The zero-order valence-corrected chi connectivity index (χ0v) is 15.8. The lowest BCUT2D eigenvalue weighted by atomic mass is 10.0. The van der Waals surface area contributed by atoms with E-state index in [9.17, 15) is 9.90 Å². The maximum atomic E-state index is 13.1. The molecule has 7 nitrogen and oxygen atoms in total. The Kier molecular flexibility index (Phi) is 4.85. The topological polar surface area (TPSA) is 79.2 Å². The van der Waals surface area contributed by atoms with Crippen molar-refractivity contribution >= 4 is 16.7 Å². The third-order valence-corrected chi connectivity index (χ3v) is 4.46. The first-order valence-corrected chi connectivity index (χ1v) is 8.16. The Morgan fingerprint density at radius 1 is 0.926 bits per heavy atom. The maximum absolute atomic E-state index is 13.1. The number of carbonyl (C=O) groups excluding carboxylic acids is 1. The van der Waals surface area contributed by atoms with Crippen molar-refractivity contribution < 1.29 is 28.8 Å². The van der Waals surface area contributed by atoms with Crippen molar-refractivity contribution in [3.05, 3.63) is 41.6 Å². The number of carbonyl (C=O) groups is 1. The minimum atomic E-state index is -0.243. The molecule has 0 unspecified atom stereocenters. The molecule has 3 aromatic rings. The molecule has 0 aliphatic rings. The molecule has 0 fully saturated rings. The summed E-state index contributed by atoms with van der Waals surface area (Å²) in [5.41, 5.74) is 1.50. The number of phenolic OH excluding ortho intramolecular Hbond substituents is 1. The molecule has 27 heavy (non-hydrogen) atoms. The van der Waals surface area contributed by atoms with Crippen LogP contribution in [0, 0.1) is 0 Å². The number of aromatic nitrogens is 1. The number of methoxy groups -OCH3 is 4. The molecule has 0 saturated heterocycles. The second-order valence-electron chi connectivity index (χ2n) is 5.91. The number of rotatable bonds is 6. The number of hydrogen-bond donors (Lipinski definition) is 1. The van der Waals surface area contributed by atoms with Crippen LogP contribution >= 0.6 is 0 Å². The van der Waals surface area contributed by atoms with Gasteiger partial charge in [0.1, 0.15) is 0 Å². The highest BCUT2D eigenvalue weighted by atomic mass is 16.5. The number of fused-ring (bicyclic) bond motifs is 1. The van der Waals surface area contributed by atoms with Gasteiger partial charge in [-0.2, -0.15) is 0 Å². The van der Waals surface area contributed by atoms with Crippen molar-refractivity contribution in [1.82, 2.24) is 4.57 Å². The molecule has 3 rings (SSSR count). The Hall–Kier alpha value is -3.35. The summed E-state index contributed by atoms with van der Waals surface area (Å²) in [7, 11) is 7.86. The highest BCUT2D eigenvalue weighted by molar-refractivity contribution is 6.17. The van der Waals surface area contributed by atoms with Gasteiger partial charge in [-0.05, 0) is 24.3 Å². The Bertz CT molecular complexity index is 1020. The zero-order chi connectivity index (χ0) is 19.7. The Balaban J connectivity index is 2.23. The van der Waals surface area contributed by atoms with Crippen LogP contribution in [-0.4, -0.2) is 43.9 Å². The van der Waals surface area contributed by atoms with Crippen LogP contribution in [0.4, 0.5) is 0 Å². The van der Waals surface area contributed by atoms with Crippen LogP contribution in [0.2, 0.25) is 0 Å². The van der Waals surface area contributed by atoms with E-state index in [-0.39, 0.29) is 11.5 Å². The molecule has 0 bridgehead atoms. The maximum Gasteiger partial charge on any atom is 0.205 e. The van der Waals surface area contributed by atoms with Gasteiger partial charge in [-0.3, -0.25) is 4.79 Å². The van der Waals surface area contributed by atoms with Crippen molar-refractivity contribution in [3.63, 3.8) is 0 Å². The minimum Gasteiger partial charge on any atom is -0.504 e. The second kappa shape index (κ2) is 7.11. The third-order valence-electron chi connectivity index (χ3n) is 4.46. The molecule has 0 spiro atoms. The van der Waals surface area contributed by atoms with Gasteiger partial charge in [0.2, 0.25) is 5.75 Å². The molecule has 1 N–H and O–H groups in total. The second-order valence-corrected chi connectivity index (χ2v) is 5.91. The molecule has 1 aromatic heterocycles. The lowest BCUT2D eigenvalue weighted by Crippen LogP contribution is -2.01. The average molecular weight is 371 g/mol. The van der Waals surface area contributed by atoms with E-state index in [1.54, 1.807) is 29.0 Å². The van der Waals surface area contributed by atoms with Crippen LogP contribution in [0.5, 0.6) is 28.7 Å². The minimum absolute atomic E-state index is 0.0968. The fraction of sp³-hybridized carbons (Fsp3) is 0.250. The molecular weight excluding hydrogens is 350 g/mol. The predicted octanol–water partition coefficient (Wildman–Crippen LogP) is 3.15. The summed E-state index contributed by atoms with van der Waals surface area (Å²) in [6, 6.07) is 6.29. The number of ketones is 1. The Labute approximate surface area is 156 Å². The van der Waals surface area contributed by atoms with Gasteiger partial charge >= 0.3 is 0 Å². The van der Waals surface area contributed by atoms with Crippen molar-refractivity contribution in [3.8, 4) is 28.7 Å². The van der Waals surface area contributed by atoms with E-state index in [2.05, 4.69) is 0 Å². The average Bonchev–Trinajstić information content (AvgIpc) is 3.01. The summed E-state index contributed by atoms with van der Waals surface area (Å²) in [5.74, 6) is 1.35. The van der Waals surface area contributed by atoms with Crippen LogP contribution in [-0.2, 0) is 7.05 Å².